The predicted octanol–water partition coefficient (Wildman–Crippen LogP) is 3.02. The van der Waals surface area contributed by atoms with Gasteiger partial charge in [-0.05, 0) is 18.4 Å². The lowest BCUT2D eigenvalue weighted by Crippen LogP contribution is -2.48. The Balaban J connectivity index is 1.73. The molecule has 0 aliphatic heterocycles. The maximum atomic E-state index is 12.2. The van der Waals surface area contributed by atoms with Gasteiger partial charge >= 0.3 is 0 Å². The molecule has 104 valence electrons. The van der Waals surface area contributed by atoms with Crippen LogP contribution < -0.4 is 11.1 Å². The minimum Gasteiger partial charge on any atom is -0.317 e. The highest BCUT2D eigenvalue weighted by molar-refractivity contribution is 7.19. The van der Waals surface area contributed by atoms with Crippen molar-refractivity contribution in [2.45, 2.75) is 31.2 Å². The number of hydrogen-bond donors (Lipinski definition) is 2. The molecule has 1 heterocycles. The molecule has 1 aromatic carbocycles. The molecular weight excluding hydrogens is 270 g/mol. The van der Waals surface area contributed by atoms with E-state index in [9.17, 15) is 4.79 Å². The van der Waals surface area contributed by atoms with Crippen LogP contribution in [-0.2, 0) is 4.79 Å². The van der Waals surface area contributed by atoms with Crippen molar-refractivity contribution in [3.8, 4) is 10.4 Å². The average Bonchev–Trinajstić information content (AvgIpc) is 3.10. The largest absolute Gasteiger partial charge is 0.317 e. The van der Waals surface area contributed by atoms with Gasteiger partial charge in [-0.15, -0.1) is 0 Å². The van der Waals surface area contributed by atoms with Gasteiger partial charge in [-0.1, -0.05) is 54.5 Å². The summed E-state index contributed by atoms with van der Waals surface area (Å²) < 4.78 is 0. The van der Waals surface area contributed by atoms with Crippen LogP contribution in [0.4, 0.5) is 5.13 Å². The van der Waals surface area contributed by atoms with E-state index in [-0.39, 0.29) is 5.91 Å². The second kappa shape index (κ2) is 5.34. The van der Waals surface area contributed by atoms with Crippen LogP contribution in [0.25, 0.3) is 10.4 Å². The van der Waals surface area contributed by atoms with Gasteiger partial charge in [0.05, 0.1) is 10.4 Å². The molecule has 1 aromatic heterocycles. The summed E-state index contributed by atoms with van der Waals surface area (Å²) >= 11 is 1.47. The van der Waals surface area contributed by atoms with E-state index >= 15 is 0 Å². The summed E-state index contributed by atoms with van der Waals surface area (Å²) in [6.45, 7) is 0. The molecule has 0 saturated heterocycles. The molecule has 1 aliphatic carbocycles. The van der Waals surface area contributed by atoms with E-state index in [2.05, 4.69) is 10.3 Å². The molecule has 0 bridgehead atoms. The molecule has 1 amide bonds. The topological polar surface area (TPSA) is 68.0 Å². The van der Waals surface area contributed by atoms with Gasteiger partial charge in [-0.3, -0.25) is 4.79 Å². The van der Waals surface area contributed by atoms with Crippen molar-refractivity contribution >= 4 is 22.4 Å². The van der Waals surface area contributed by atoms with Crippen molar-refractivity contribution in [3.05, 3.63) is 36.5 Å². The van der Waals surface area contributed by atoms with Crippen molar-refractivity contribution in [1.29, 1.82) is 0 Å². The number of anilines is 1. The van der Waals surface area contributed by atoms with Gasteiger partial charge in [0.25, 0.3) is 0 Å². The number of carbonyl (C=O) groups is 1. The minimum atomic E-state index is -0.710. The van der Waals surface area contributed by atoms with Crippen LogP contribution in [0, 0.1) is 0 Å². The molecule has 0 atom stereocenters. The molecule has 0 radical (unpaired) electrons. The second-order valence-electron chi connectivity index (χ2n) is 5.21. The Kier molecular flexibility index (Phi) is 3.54. The molecule has 0 spiro atoms. The third kappa shape index (κ3) is 2.59. The van der Waals surface area contributed by atoms with E-state index < -0.39 is 5.54 Å². The first-order valence-electron chi connectivity index (χ1n) is 6.79. The van der Waals surface area contributed by atoms with Gasteiger partial charge in [0.1, 0.15) is 0 Å². The SMILES string of the molecule is NC1(C(=O)Nc2ncc(-c3ccccc3)s2)CCCC1. The summed E-state index contributed by atoms with van der Waals surface area (Å²) in [6.07, 6.45) is 5.35. The summed E-state index contributed by atoms with van der Waals surface area (Å²) in [5.41, 5.74) is 6.53. The van der Waals surface area contributed by atoms with E-state index in [1.807, 2.05) is 30.3 Å². The number of thiazole rings is 1. The average molecular weight is 287 g/mol. The molecule has 3 N–H and O–H groups in total. The van der Waals surface area contributed by atoms with Crippen molar-refractivity contribution in [1.82, 2.24) is 4.98 Å². The van der Waals surface area contributed by atoms with E-state index in [1.165, 1.54) is 11.3 Å². The maximum absolute atomic E-state index is 12.2. The second-order valence-corrected chi connectivity index (χ2v) is 6.24. The molecule has 3 rings (SSSR count). The zero-order valence-electron chi connectivity index (χ0n) is 11.1. The van der Waals surface area contributed by atoms with Crippen molar-refractivity contribution < 1.29 is 4.79 Å². The van der Waals surface area contributed by atoms with Crippen molar-refractivity contribution in [2.24, 2.45) is 5.73 Å². The van der Waals surface area contributed by atoms with Gasteiger partial charge in [-0.25, -0.2) is 4.98 Å². The summed E-state index contributed by atoms with van der Waals surface area (Å²) in [5, 5.41) is 3.47. The zero-order valence-corrected chi connectivity index (χ0v) is 12.0. The number of benzene rings is 1. The lowest BCUT2D eigenvalue weighted by Gasteiger charge is -2.21. The Morgan fingerprint density at radius 3 is 2.65 bits per heavy atom. The number of aromatic nitrogens is 1. The number of nitrogens with two attached hydrogens (primary N) is 1. The third-order valence-electron chi connectivity index (χ3n) is 3.73. The quantitative estimate of drug-likeness (QED) is 0.911. The molecule has 1 aliphatic rings. The van der Waals surface area contributed by atoms with Gasteiger partial charge in [0.15, 0.2) is 5.13 Å². The van der Waals surface area contributed by atoms with Crippen molar-refractivity contribution in [3.63, 3.8) is 0 Å². The fourth-order valence-corrected chi connectivity index (χ4v) is 3.34. The Hall–Kier alpha value is -1.72. The van der Waals surface area contributed by atoms with Crippen LogP contribution in [0.2, 0.25) is 0 Å². The number of nitrogens with one attached hydrogen (secondary N) is 1. The van der Waals surface area contributed by atoms with E-state index in [4.69, 9.17) is 5.73 Å². The molecule has 0 unspecified atom stereocenters. The third-order valence-corrected chi connectivity index (χ3v) is 4.69. The molecule has 20 heavy (non-hydrogen) atoms. The summed E-state index contributed by atoms with van der Waals surface area (Å²) in [5.74, 6) is -0.107. The highest BCUT2D eigenvalue weighted by atomic mass is 32.1. The number of carbonyl (C=O) groups excluding carboxylic acids is 1. The van der Waals surface area contributed by atoms with Crippen LogP contribution in [0.1, 0.15) is 25.7 Å². The lowest BCUT2D eigenvalue weighted by atomic mass is 9.98. The van der Waals surface area contributed by atoms with E-state index in [0.29, 0.717) is 5.13 Å². The van der Waals surface area contributed by atoms with Gasteiger partial charge in [0, 0.05) is 6.20 Å². The van der Waals surface area contributed by atoms with Gasteiger partial charge in [0.2, 0.25) is 5.91 Å². The van der Waals surface area contributed by atoms with Gasteiger partial charge in [-0.2, -0.15) is 0 Å². The van der Waals surface area contributed by atoms with Crippen LogP contribution >= 0.6 is 11.3 Å². The molecule has 4 nitrogen and oxygen atoms in total. The highest BCUT2D eigenvalue weighted by Crippen LogP contribution is 2.31. The maximum Gasteiger partial charge on any atom is 0.246 e. The first-order valence-corrected chi connectivity index (χ1v) is 7.61. The number of hydrogen-bond acceptors (Lipinski definition) is 4. The zero-order chi connectivity index (χ0) is 14.0. The lowest BCUT2D eigenvalue weighted by molar-refractivity contribution is -0.121. The number of nitrogens with zero attached hydrogens (tertiary/aromatic N) is 1. The van der Waals surface area contributed by atoms with Crippen LogP contribution in [0.3, 0.4) is 0 Å². The minimum absolute atomic E-state index is 0.107. The predicted molar refractivity (Wildman–Crippen MR) is 81.6 cm³/mol. The van der Waals surface area contributed by atoms with E-state index in [1.54, 1.807) is 6.20 Å². The first kappa shape index (κ1) is 13.3. The number of amides is 1. The standard InChI is InChI=1S/C15H17N3OS/c16-15(8-4-5-9-15)13(19)18-14-17-10-12(20-14)11-6-2-1-3-7-11/h1-3,6-7,10H,4-5,8-9,16H2,(H,17,18,19). The molecule has 5 heteroatoms. The monoisotopic (exact) mass is 287 g/mol. The summed E-state index contributed by atoms with van der Waals surface area (Å²) in [4.78, 5) is 17.5. The first-order chi connectivity index (χ1) is 9.67. The van der Waals surface area contributed by atoms with Gasteiger partial charge < -0.3 is 11.1 Å². The van der Waals surface area contributed by atoms with Crippen LogP contribution in [0.5, 0.6) is 0 Å². The number of rotatable bonds is 3. The highest BCUT2D eigenvalue weighted by Gasteiger charge is 2.37. The Labute approximate surface area is 122 Å². The normalized spacial score (nSPS) is 17.1. The molecule has 2 aromatic rings. The smallest absolute Gasteiger partial charge is 0.246 e. The fraction of sp³-hybridized carbons (Fsp3) is 0.333. The Bertz CT molecular complexity index is 603. The van der Waals surface area contributed by atoms with Crippen molar-refractivity contribution in [2.75, 3.05) is 5.32 Å². The van der Waals surface area contributed by atoms with E-state index in [0.717, 1.165) is 36.1 Å². The fourth-order valence-electron chi connectivity index (χ4n) is 2.52. The Morgan fingerprint density at radius 1 is 1.25 bits per heavy atom. The van der Waals surface area contributed by atoms with Crippen LogP contribution in [0.15, 0.2) is 36.5 Å². The molecule has 1 fully saturated rings. The van der Waals surface area contributed by atoms with Crippen LogP contribution in [-0.4, -0.2) is 16.4 Å². The molecular formula is C15H17N3OS. The Morgan fingerprint density at radius 2 is 1.95 bits per heavy atom. The summed E-state index contributed by atoms with van der Waals surface area (Å²) in [7, 11) is 0. The molecule has 1 saturated carbocycles. The summed E-state index contributed by atoms with van der Waals surface area (Å²) in [6, 6.07) is 10.0.